The quantitative estimate of drug-likeness (QED) is 0.746. The van der Waals surface area contributed by atoms with Gasteiger partial charge < -0.3 is 9.64 Å². The number of aromatic nitrogens is 4. The summed E-state index contributed by atoms with van der Waals surface area (Å²) in [5.41, 5.74) is 0. The van der Waals surface area contributed by atoms with Crippen LogP contribution in [0.1, 0.15) is 44.3 Å². The van der Waals surface area contributed by atoms with Crippen LogP contribution in [0.2, 0.25) is 0 Å². The minimum Gasteiger partial charge on any atom is -0.381 e. The second kappa shape index (κ2) is 7.79. The molecule has 0 aliphatic heterocycles. The van der Waals surface area contributed by atoms with E-state index in [1.54, 1.807) is 11.8 Å². The molecule has 0 atom stereocenters. The van der Waals surface area contributed by atoms with Gasteiger partial charge >= 0.3 is 0 Å². The van der Waals surface area contributed by atoms with Crippen molar-refractivity contribution in [3.63, 3.8) is 0 Å². The number of ether oxygens (including phenoxy) is 1. The Labute approximate surface area is 131 Å². The summed E-state index contributed by atoms with van der Waals surface area (Å²) >= 11 is 5.58. The van der Waals surface area contributed by atoms with Crippen LogP contribution in [-0.4, -0.2) is 56.4 Å². The summed E-state index contributed by atoms with van der Waals surface area (Å²) in [5, 5.41) is 11.5. The highest BCUT2D eigenvalue weighted by atomic mass is 32.1. The van der Waals surface area contributed by atoms with Crippen molar-refractivity contribution in [2.24, 2.45) is 7.05 Å². The fourth-order valence-corrected chi connectivity index (χ4v) is 3.20. The lowest BCUT2D eigenvalue weighted by molar-refractivity contribution is 0.0540. The molecule has 0 aromatic carbocycles. The van der Waals surface area contributed by atoms with E-state index >= 15 is 0 Å². The van der Waals surface area contributed by atoms with Crippen molar-refractivity contribution < 1.29 is 4.74 Å². The number of tetrazole rings is 1. The van der Waals surface area contributed by atoms with Crippen molar-refractivity contribution in [1.82, 2.24) is 25.1 Å². The van der Waals surface area contributed by atoms with Gasteiger partial charge in [-0.25, -0.2) is 4.68 Å². The van der Waals surface area contributed by atoms with E-state index in [1.807, 2.05) is 7.05 Å². The molecule has 1 heterocycles. The minimum atomic E-state index is 0.437. The number of thiocarbonyl (C=S) groups is 1. The van der Waals surface area contributed by atoms with Crippen LogP contribution in [0.15, 0.2) is 0 Å². The lowest BCUT2D eigenvalue weighted by atomic mass is 9.92. The first-order valence-electron chi connectivity index (χ1n) is 7.61. The van der Waals surface area contributed by atoms with E-state index in [2.05, 4.69) is 27.5 Å². The van der Waals surface area contributed by atoms with Gasteiger partial charge in [0.2, 0.25) is 0 Å². The average Bonchev–Trinajstić information content (AvgIpc) is 2.92. The Hall–Kier alpha value is -1.08. The van der Waals surface area contributed by atoms with Gasteiger partial charge in [-0.05, 0) is 49.0 Å². The van der Waals surface area contributed by atoms with Gasteiger partial charge in [-0.3, -0.25) is 0 Å². The molecule has 0 saturated heterocycles. The normalized spacial score (nSPS) is 22.2. The first kappa shape index (κ1) is 16.3. The van der Waals surface area contributed by atoms with Gasteiger partial charge in [0.05, 0.1) is 11.1 Å². The van der Waals surface area contributed by atoms with Crippen molar-refractivity contribution in [2.75, 3.05) is 14.2 Å². The molecule has 21 heavy (non-hydrogen) atoms. The highest BCUT2D eigenvalue weighted by Crippen LogP contribution is 2.24. The second-order valence-corrected chi connectivity index (χ2v) is 6.21. The number of methoxy groups -OCH3 is 1. The Kier molecular flexibility index (Phi) is 6.05. The maximum atomic E-state index is 5.58. The Morgan fingerprint density at radius 2 is 2.10 bits per heavy atom. The molecule has 118 valence electrons. The topological polar surface area (TPSA) is 56.1 Å². The molecule has 7 heteroatoms. The van der Waals surface area contributed by atoms with Crippen molar-refractivity contribution >= 4 is 17.2 Å². The van der Waals surface area contributed by atoms with Crippen LogP contribution < -0.4 is 0 Å². The molecular formula is C14H25N5OS. The summed E-state index contributed by atoms with van der Waals surface area (Å²) in [5.74, 6) is 0.918. The molecule has 1 aliphatic rings. The summed E-state index contributed by atoms with van der Waals surface area (Å²) in [4.78, 5) is 3.34. The van der Waals surface area contributed by atoms with Gasteiger partial charge in [0, 0.05) is 33.7 Å². The molecule has 0 unspecified atom stereocenters. The van der Waals surface area contributed by atoms with Crippen LogP contribution in [0.4, 0.5) is 0 Å². The van der Waals surface area contributed by atoms with E-state index < -0.39 is 0 Å². The lowest BCUT2D eigenvalue weighted by Gasteiger charge is -2.35. The summed E-state index contributed by atoms with van der Waals surface area (Å²) in [6.45, 7) is 0. The zero-order valence-corrected chi connectivity index (χ0v) is 14.0. The minimum absolute atomic E-state index is 0.437. The molecule has 1 aromatic rings. The predicted molar refractivity (Wildman–Crippen MR) is 85.2 cm³/mol. The molecule has 0 bridgehead atoms. The highest BCUT2D eigenvalue weighted by molar-refractivity contribution is 7.80. The second-order valence-electron chi connectivity index (χ2n) is 5.74. The van der Waals surface area contributed by atoms with Crippen molar-refractivity contribution in [1.29, 1.82) is 0 Å². The van der Waals surface area contributed by atoms with Crippen LogP contribution in [0.25, 0.3) is 0 Å². The number of hydrogen-bond donors (Lipinski definition) is 0. The first-order valence-corrected chi connectivity index (χ1v) is 8.02. The molecular weight excluding hydrogens is 286 g/mol. The van der Waals surface area contributed by atoms with Gasteiger partial charge in [0.25, 0.3) is 0 Å². The number of aryl methyl sites for hydroxylation is 2. The van der Waals surface area contributed by atoms with Gasteiger partial charge in [-0.2, -0.15) is 0 Å². The predicted octanol–water partition coefficient (Wildman–Crippen LogP) is 1.75. The Bertz CT molecular complexity index is 456. The number of rotatable bonds is 6. The van der Waals surface area contributed by atoms with E-state index in [0.717, 1.165) is 42.9 Å². The smallest absolute Gasteiger partial charge is 0.150 e. The fourth-order valence-electron chi connectivity index (χ4n) is 2.91. The highest BCUT2D eigenvalue weighted by Gasteiger charge is 2.24. The van der Waals surface area contributed by atoms with Crippen molar-refractivity contribution in [3.05, 3.63) is 5.82 Å². The largest absolute Gasteiger partial charge is 0.381 e. The van der Waals surface area contributed by atoms with Gasteiger partial charge in [-0.1, -0.05) is 12.2 Å². The Morgan fingerprint density at radius 1 is 1.38 bits per heavy atom. The third-order valence-electron chi connectivity index (χ3n) is 4.42. The zero-order chi connectivity index (χ0) is 15.2. The molecule has 1 fully saturated rings. The molecule has 2 rings (SSSR count). The van der Waals surface area contributed by atoms with Crippen LogP contribution >= 0.6 is 12.2 Å². The molecule has 0 N–H and O–H groups in total. The van der Waals surface area contributed by atoms with Gasteiger partial charge in [0.1, 0.15) is 0 Å². The van der Waals surface area contributed by atoms with E-state index in [1.165, 1.54) is 12.8 Å². The maximum absolute atomic E-state index is 5.58. The molecule has 6 nitrogen and oxygen atoms in total. The Morgan fingerprint density at radius 3 is 2.67 bits per heavy atom. The third kappa shape index (κ3) is 4.44. The van der Waals surface area contributed by atoms with Crippen molar-refractivity contribution in [2.45, 2.75) is 57.1 Å². The van der Waals surface area contributed by atoms with Gasteiger partial charge in [-0.15, -0.1) is 5.10 Å². The molecule has 0 spiro atoms. The fraction of sp³-hybridized carbons (Fsp3) is 0.857. The molecule has 0 amide bonds. The third-order valence-corrected chi connectivity index (χ3v) is 4.91. The summed E-state index contributed by atoms with van der Waals surface area (Å²) in [7, 11) is 5.80. The van der Waals surface area contributed by atoms with Crippen LogP contribution in [0.5, 0.6) is 0 Å². The number of hydrogen-bond acceptors (Lipinski definition) is 5. The monoisotopic (exact) mass is 311 g/mol. The first-order chi connectivity index (χ1) is 10.1. The molecule has 1 saturated carbocycles. The van der Waals surface area contributed by atoms with Gasteiger partial charge in [0.15, 0.2) is 5.82 Å². The zero-order valence-electron chi connectivity index (χ0n) is 13.2. The summed E-state index contributed by atoms with van der Waals surface area (Å²) in [6.07, 6.45) is 7.83. The van der Waals surface area contributed by atoms with Crippen LogP contribution in [-0.2, 0) is 18.2 Å². The van der Waals surface area contributed by atoms with E-state index in [-0.39, 0.29) is 0 Å². The van der Waals surface area contributed by atoms with Crippen LogP contribution in [0, 0.1) is 0 Å². The van der Waals surface area contributed by atoms with E-state index in [4.69, 9.17) is 17.0 Å². The summed E-state index contributed by atoms with van der Waals surface area (Å²) in [6, 6.07) is 0.570. The standard InChI is InChI=1S/C14H25N5OS/c1-18(11-7-9-12(20-3)10-8-11)14(21)6-4-5-13-15-16-17-19(13)2/h11-12H,4-10H2,1-3H3. The Balaban J connectivity index is 1.71. The lowest BCUT2D eigenvalue weighted by Crippen LogP contribution is -2.39. The molecule has 1 aliphatic carbocycles. The number of nitrogens with zero attached hydrogens (tertiary/aromatic N) is 5. The van der Waals surface area contributed by atoms with Crippen molar-refractivity contribution in [3.8, 4) is 0 Å². The summed E-state index contributed by atoms with van der Waals surface area (Å²) < 4.78 is 7.15. The van der Waals surface area contributed by atoms with E-state index in [0.29, 0.717) is 12.1 Å². The molecule has 0 radical (unpaired) electrons. The van der Waals surface area contributed by atoms with Crippen LogP contribution in [0.3, 0.4) is 0 Å². The van der Waals surface area contributed by atoms with E-state index in [9.17, 15) is 0 Å². The SMILES string of the molecule is COC1CCC(N(C)C(=S)CCCc2nnnn2C)CC1. The maximum Gasteiger partial charge on any atom is 0.150 e. The molecule has 1 aromatic heterocycles. The average molecular weight is 311 g/mol.